The van der Waals surface area contributed by atoms with Gasteiger partial charge in [0.2, 0.25) is 5.91 Å². The number of carbonyl (C=O) groups is 2. The Kier molecular flexibility index (Phi) is 3.83. The minimum atomic E-state index is -0.456. The monoisotopic (exact) mass is 261 g/mol. The lowest BCUT2D eigenvalue weighted by atomic mass is 10.2. The molecule has 0 saturated carbocycles. The van der Waals surface area contributed by atoms with Crippen molar-refractivity contribution in [3.63, 3.8) is 0 Å². The van der Waals surface area contributed by atoms with Crippen LogP contribution < -0.4 is 5.32 Å². The van der Waals surface area contributed by atoms with E-state index in [0.29, 0.717) is 6.54 Å². The summed E-state index contributed by atoms with van der Waals surface area (Å²) in [6.07, 6.45) is 1.02. The van der Waals surface area contributed by atoms with E-state index >= 15 is 0 Å². The van der Waals surface area contributed by atoms with Gasteiger partial charge in [-0.2, -0.15) is 0 Å². The number of likely N-dealkylation sites (tertiary alicyclic amines) is 1. The average Bonchev–Trinajstić information content (AvgIpc) is 2.61. The van der Waals surface area contributed by atoms with Gasteiger partial charge in [0.05, 0.1) is 17.8 Å². The summed E-state index contributed by atoms with van der Waals surface area (Å²) < 4.78 is 0. The predicted octanol–water partition coefficient (Wildman–Crippen LogP) is 1.65. The molecule has 0 aromatic carbocycles. The summed E-state index contributed by atoms with van der Waals surface area (Å²) in [6.45, 7) is 6.26. The lowest BCUT2D eigenvalue weighted by Crippen LogP contribution is -2.35. The number of nitrogens with one attached hydrogen (secondary N) is 1. The van der Waals surface area contributed by atoms with Crippen molar-refractivity contribution in [2.45, 2.75) is 39.7 Å². The van der Waals surface area contributed by atoms with Crippen LogP contribution in [0.25, 0.3) is 0 Å². The summed E-state index contributed by atoms with van der Waals surface area (Å²) in [6, 6.07) is 3.33. The fourth-order valence-electron chi connectivity index (χ4n) is 2.28. The summed E-state index contributed by atoms with van der Waals surface area (Å²) in [4.78, 5) is 29.6. The van der Waals surface area contributed by atoms with E-state index < -0.39 is 6.04 Å². The van der Waals surface area contributed by atoms with Gasteiger partial charge in [-0.1, -0.05) is 6.92 Å². The molecule has 1 fully saturated rings. The lowest BCUT2D eigenvalue weighted by molar-refractivity contribution is -0.138. The van der Waals surface area contributed by atoms with Crippen LogP contribution in [0.2, 0.25) is 0 Å². The minimum absolute atomic E-state index is 0.0953. The normalized spacial score (nSPS) is 19.1. The Bertz CT molecular complexity index is 513. The fourth-order valence-corrected chi connectivity index (χ4v) is 2.28. The van der Waals surface area contributed by atoms with E-state index in [0.717, 1.165) is 23.5 Å². The zero-order valence-corrected chi connectivity index (χ0v) is 11.6. The average molecular weight is 261 g/mol. The molecule has 1 atom stereocenters. The maximum Gasteiger partial charge on any atom is 0.252 e. The summed E-state index contributed by atoms with van der Waals surface area (Å²) in [5.74, 6) is -0.228. The standard InChI is InChI=1S/C14H19N3O2/c1-4-7-17-13(18)8-12(14(17)19)16-11-6-5-9(2)15-10(11)3/h5-6,12,16H,4,7-8H2,1-3H3. The molecule has 0 aliphatic carbocycles. The van der Waals surface area contributed by atoms with Gasteiger partial charge in [-0.05, 0) is 32.4 Å². The van der Waals surface area contributed by atoms with Gasteiger partial charge in [-0.3, -0.25) is 19.5 Å². The lowest BCUT2D eigenvalue weighted by Gasteiger charge is -2.16. The Morgan fingerprint density at radius 1 is 1.37 bits per heavy atom. The van der Waals surface area contributed by atoms with Crippen LogP contribution in [0, 0.1) is 13.8 Å². The van der Waals surface area contributed by atoms with Crippen molar-refractivity contribution in [3.05, 3.63) is 23.5 Å². The van der Waals surface area contributed by atoms with Crippen molar-refractivity contribution in [1.29, 1.82) is 0 Å². The number of amides is 2. The second-order valence-electron chi connectivity index (χ2n) is 4.87. The second-order valence-corrected chi connectivity index (χ2v) is 4.87. The fraction of sp³-hybridized carbons (Fsp3) is 0.500. The number of hydrogen-bond donors (Lipinski definition) is 1. The maximum atomic E-state index is 12.1. The third-order valence-corrected chi connectivity index (χ3v) is 3.25. The highest BCUT2D eigenvalue weighted by Gasteiger charge is 2.38. The SMILES string of the molecule is CCCN1C(=O)CC(Nc2ccc(C)nc2C)C1=O. The van der Waals surface area contributed by atoms with Gasteiger partial charge in [-0.25, -0.2) is 0 Å². The van der Waals surface area contributed by atoms with Crippen molar-refractivity contribution < 1.29 is 9.59 Å². The molecular weight excluding hydrogens is 242 g/mol. The van der Waals surface area contributed by atoms with Crippen molar-refractivity contribution in [1.82, 2.24) is 9.88 Å². The van der Waals surface area contributed by atoms with E-state index in [1.807, 2.05) is 32.9 Å². The van der Waals surface area contributed by atoms with E-state index in [9.17, 15) is 9.59 Å². The van der Waals surface area contributed by atoms with E-state index in [2.05, 4.69) is 10.3 Å². The molecule has 1 unspecified atom stereocenters. The van der Waals surface area contributed by atoms with Crippen LogP contribution in [-0.2, 0) is 9.59 Å². The van der Waals surface area contributed by atoms with Crippen molar-refractivity contribution in [2.75, 3.05) is 11.9 Å². The molecule has 0 spiro atoms. The summed E-state index contributed by atoms with van der Waals surface area (Å²) >= 11 is 0. The highest BCUT2D eigenvalue weighted by molar-refractivity contribution is 6.06. The Morgan fingerprint density at radius 2 is 2.11 bits per heavy atom. The number of pyridine rings is 1. The van der Waals surface area contributed by atoms with Crippen molar-refractivity contribution in [2.24, 2.45) is 0 Å². The van der Waals surface area contributed by atoms with Crippen LogP contribution >= 0.6 is 0 Å². The zero-order valence-electron chi connectivity index (χ0n) is 11.6. The molecule has 1 N–H and O–H groups in total. The first-order valence-electron chi connectivity index (χ1n) is 6.58. The molecule has 5 heteroatoms. The van der Waals surface area contributed by atoms with Gasteiger partial charge >= 0.3 is 0 Å². The Hall–Kier alpha value is -1.91. The smallest absolute Gasteiger partial charge is 0.252 e. The third-order valence-electron chi connectivity index (χ3n) is 3.25. The minimum Gasteiger partial charge on any atom is -0.372 e. The van der Waals surface area contributed by atoms with Crippen LogP contribution in [0.4, 0.5) is 5.69 Å². The van der Waals surface area contributed by atoms with Gasteiger partial charge in [0.15, 0.2) is 0 Å². The quantitative estimate of drug-likeness (QED) is 0.837. The van der Waals surface area contributed by atoms with Crippen LogP contribution in [0.1, 0.15) is 31.2 Å². The largest absolute Gasteiger partial charge is 0.372 e. The number of rotatable bonds is 4. The Morgan fingerprint density at radius 3 is 2.74 bits per heavy atom. The maximum absolute atomic E-state index is 12.1. The van der Waals surface area contributed by atoms with Crippen molar-refractivity contribution in [3.8, 4) is 0 Å². The van der Waals surface area contributed by atoms with Gasteiger partial charge in [0.25, 0.3) is 5.91 Å². The summed E-state index contributed by atoms with van der Waals surface area (Å²) in [5, 5.41) is 3.13. The topological polar surface area (TPSA) is 62.3 Å². The molecule has 2 amide bonds. The molecule has 2 rings (SSSR count). The summed E-state index contributed by atoms with van der Waals surface area (Å²) in [7, 11) is 0. The first-order valence-corrected chi connectivity index (χ1v) is 6.58. The molecule has 5 nitrogen and oxygen atoms in total. The number of carbonyl (C=O) groups excluding carboxylic acids is 2. The molecule has 19 heavy (non-hydrogen) atoms. The molecule has 1 saturated heterocycles. The predicted molar refractivity (Wildman–Crippen MR) is 72.7 cm³/mol. The zero-order chi connectivity index (χ0) is 14.0. The number of aryl methyl sites for hydroxylation is 2. The molecule has 1 aromatic rings. The van der Waals surface area contributed by atoms with E-state index in [-0.39, 0.29) is 18.2 Å². The number of anilines is 1. The highest BCUT2D eigenvalue weighted by Crippen LogP contribution is 2.20. The number of hydrogen-bond acceptors (Lipinski definition) is 4. The molecule has 1 aliphatic heterocycles. The van der Waals surface area contributed by atoms with Gasteiger partial charge in [0, 0.05) is 12.2 Å². The summed E-state index contributed by atoms with van der Waals surface area (Å²) in [5.41, 5.74) is 2.59. The number of nitrogens with zero attached hydrogens (tertiary/aromatic N) is 2. The molecular formula is C14H19N3O2. The van der Waals surface area contributed by atoms with E-state index in [1.165, 1.54) is 4.90 Å². The van der Waals surface area contributed by atoms with Gasteiger partial charge in [-0.15, -0.1) is 0 Å². The molecule has 1 aromatic heterocycles. The first kappa shape index (κ1) is 13.5. The van der Waals surface area contributed by atoms with Crippen LogP contribution in [0.3, 0.4) is 0 Å². The molecule has 0 bridgehead atoms. The number of imide groups is 1. The second kappa shape index (κ2) is 5.38. The number of aromatic nitrogens is 1. The molecule has 2 heterocycles. The Balaban J connectivity index is 2.12. The molecule has 0 radical (unpaired) electrons. The Labute approximate surface area is 113 Å². The van der Waals surface area contributed by atoms with Gasteiger partial charge in [0.1, 0.15) is 6.04 Å². The first-order chi connectivity index (χ1) is 9.02. The molecule has 102 valence electrons. The van der Waals surface area contributed by atoms with E-state index in [1.54, 1.807) is 0 Å². The van der Waals surface area contributed by atoms with Crippen LogP contribution in [0.5, 0.6) is 0 Å². The van der Waals surface area contributed by atoms with E-state index in [4.69, 9.17) is 0 Å². The highest BCUT2D eigenvalue weighted by atomic mass is 16.2. The van der Waals surface area contributed by atoms with Crippen LogP contribution in [-0.4, -0.2) is 34.3 Å². The third kappa shape index (κ3) is 2.75. The van der Waals surface area contributed by atoms with Crippen molar-refractivity contribution >= 4 is 17.5 Å². The van der Waals surface area contributed by atoms with Crippen LogP contribution in [0.15, 0.2) is 12.1 Å². The molecule has 1 aliphatic rings. The van der Waals surface area contributed by atoms with Gasteiger partial charge < -0.3 is 5.32 Å².